The Morgan fingerprint density at radius 3 is 2.86 bits per heavy atom. The van der Waals surface area contributed by atoms with Gasteiger partial charge >= 0.3 is 0 Å². The molecule has 1 unspecified atom stereocenters. The van der Waals surface area contributed by atoms with E-state index < -0.39 is 0 Å². The molecule has 1 aromatic carbocycles. The number of benzene rings is 1. The maximum atomic E-state index is 12.1. The second kappa shape index (κ2) is 5.30. The van der Waals surface area contributed by atoms with Crippen molar-refractivity contribution in [2.75, 3.05) is 32.1 Å². The van der Waals surface area contributed by atoms with E-state index in [1.807, 2.05) is 14.1 Å². The number of aryl methyl sites for hydroxylation is 2. The highest BCUT2D eigenvalue weighted by Crippen LogP contribution is 2.34. The van der Waals surface area contributed by atoms with Crippen LogP contribution >= 0.6 is 11.3 Å². The van der Waals surface area contributed by atoms with Gasteiger partial charge in [0.25, 0.3) is 0 Å². The molecular formula is C16H21N3OS. The van der Waals surface area contributed by atoms with Gasteiger partial charge in [0.15, 0.2) is 5.13 Å². The van der Waals surface area contributed by atoms with Gasteiger partial charge in [-0.25, -0.2) is 4.98 Å². The summed E-state index contributed by atoms with van der Waals surface area (Å²) in [5.41, 5.74) is 3.65. The van der Waals surface area contributed by atoms with Crippen LogP contribution in [0, 0.1) is 19.8 Å². The lowest BCUT2D eigenvalue weighted by Gasteiger charge is -2.17. The third-order valence-corrected chi connectivity index (χ3v) is 5.40. The van der Waals surface area contributed by atoms with Crippen LogP contribution in [0.15, 0.2) is 12.1 Å². The van der Waals surface area contributed by atoms with Crippen molar-refractivity contribution in [1.29, 1.82) is 0 Å². The Labute approximate surface area is 129 Å². The van der Waals surface area contributed by atoms with Crippen molar-refractivity contribution in [3.63, 3.8) is 0 Å². The minimum Gasteiger partial charge on any atom is -0.349 e. The van der Waals surface area contributed by atoms with Crippen LogP contribution in [-0.2, 0) is 4.79 Å². The molecule has 1 saturated heterocycles. The Hall–Kier alpha value is -1.62. The summed E-state index contributed by atoms with van der Waals surface area (Å²) >= 11 is 1.73. The van der Waals surface area contributed by atoms with Gasteiger partial charge in [-0.1, -0.05) is 17.4 Å². The highest BCUT2D eigenvalue weighted by atomic mass is 32.1. The van der Waals surface area contributed by atoms with Crippen molar-refractivity contribution in [2.45, 2.75) is 20.3 Å². The van der Waals surface area contributed by atoms with Gasteiger partial charge < -0.3 is 9.80 Å². The molecule has 2 heterocycles. The SMILES string of the molecule is Cc1ccc2sc(N3CCC(C(=O)N(C)C)C3)nc2c1C. The first-order valence-electron chi connectivity index (χ1n) is 7.30. The normalized spacial score (nSPS) is 18.5. The van der Waals surface area contributed by atoms with Crippen molar-refractivity contribution in [3.8, 4) is 0 Å². The van der Waals surface area contributed by atoms with E-state index >= 15 is 0 Å². The molecule has 1 aliphatic rings. The number of thiazole rings is 1. The molecule has 1 atom stereocenters. The smallest absolute Gasteiger partial charge is 0.227 e. The Bertz CT molecular complexity index is 692. The lowest BCUT2D eigenvalue weighted by atomic mass is 10.1. The van der Waals surface area contributed by atoms with E-state index in [-0.39, 0.29) is 11.8 Å². The van der Waals surface area contributed by atoms with Crippen LogP contribution in [0.25, 0.3) is 10.2 Å². The molecule has 3 rings (SSSR count). The van der Waals surface area contributed by atoms with Crippen LogP contribution in [-0.4, -0.2) is 43.0 Å². The zero-order valence-corrected chi connectivity index (χ0v) is 13.8. The standard InChI is InChI=1S/C16H21N3OS/c1-10-5-6-13-14(11(10)2)17-16(21-13)19-8-7-12(9-19)15(20)18(3)4/h5-6,12H,7-9H2,1-4H3. The van der Waals surface area contributed by atoms with E-state index in [0.29, 0.717) is 0 Å². The molecule has 0 radical (unpaired) electrons. The predicted octanol–water partition coefficient (Wildman–Crippen LogP) is 2.83. The van der Waals surface area contributed by atoms with E-state index in [1.165, 1.54) is 15.8 Å². The molecule has 1 aliphatic heterocycles. The van der Waals surface area contributed by atoms with Crippen LogP contribution in [0.5, 0.6) is 0 Å². The second-order valence-electron chi connectivity index (χ2n) is 6.01. The minimum atomic E-state index is 0.106. The van der Waals surface area contributed by atoms with Gasteiger partial charge in [0, 0.05) is 27.2 Å². The van der Waals surface area contributed by atoms with Gasteiger partial charge in [-0.15, -0.1) is 0 Å². The zero-order valence-electron chi connectivity index (χ0n) is 13.0. The molecule has 0 aliphatic carbocycles. The first-order valence-corrected chi connectivity index (χ1v) is 8.12. The molecule has 1 amide bonds. The van der Waals surface area contributed by atoms with Gasteiger partial charge in [0.05, 0.1) is 16.1 Å². The number of rotatable bonds is 2. The lowest BCUT2D eigenvalue weighted by Crippen LogP contribution is -2.31. The molecular weight excluding hydrogens is 282 g/mol. The topological polar surface area (TPSA) is 36.4 Å². The molecule has 1 fully saturated rings. The first kappa shape index (κ1) is 14.3. The second-order valence-corrected chi connectivity index (χ2v) is 7.02. The number of hydrogen-bond donors (Lipinski definition) is 0. The van der Waals surface area contributed by atoms with Gasteiger partial charge in [0.2, 0.25) is 5.91 Å². The largest absolute Gasteiger partial charge is 0.349 e. The number of nitrogens with zero attached hydrogens (tertiary/aromatic N) is 3. The summed E-state index contributed by atoms with van der Waals surface area (Å²) in [6, 6.07) is 4.30. The number of amides is 1. The number of hydrogen-bond acceptors (Lipinski definition) is 4. The van der Waals surface area contributed by atoms with Crippen molar-refractivity contribution in [2.24, 2.45) is 5.92 Å². The Morgan fingerprint density at radius 1 is 1.38 bits per heavy atom. The number of anilines is 1. The molecule has 0 bridgehead atoms. The van der Waals surface area contributed by atoms with Crippen LogP contribution in [0.2, 0.25) is 0 Å². The zero-order chi connectivity index (χ0) is 15.1. The molecule has 0 spiro atoms. The van der Waals surface area contributed by atoms with E-state index in [1.54, 1.807) is 16.2 Å². The molecule has 112 valence electrons. The fourth-order valence-corrected chi connectivity index (χ4v) is 3.91. The lowest BCUT2D eigenvalue weighted by molar-refractivity contribution is -0.132. The van der Waals surface area contributed by atoms with Crippen LogP contribution < -0.4 is 4.90 Å². The van der Waals surface area contributed by atoms with Crippen molar-refractivity contribution >= 4 is 32.6 Å². The molecule has 0 saturated carbocycles. The van der Waals surface area contributed by atoms with Gasteiger partial charge in [0.1, 0.15) is 0 Å². The molecule has 21 heavy (non-hydrogen) atoms. The quantitative estimate of drug-likeness (QED) is 0.856. The highest BCUT2D eigenvalue weighted by molar-refractivity contribution is 7.22. The minimum absolute atomic E-state index is 0.106. The molecule has 0 N–H and O–H groups in total. The van der Waals surface area contributed by atoms with E-state index in [9.17, 15) is 4.79 Å². The molecule has 4 nitrogen and oxygen atoms in total. The average molecular weight is 303 g/mol. The maximum absolute atomic E-state index is 12.1. The molecule has 1 aromatic heterocycles. The van der Waals surface area contributed by atoms with E-state index in [4.69, 9.17) is 4.98 Å². The third-order valence-electron chi connectivity index (χ3n) is 4.32. The van der Waals surface area contributed by atoms with Crippen LogP contribution in [0.3, 0.4) is 0 Å². The van der Waals surface area contributed by atoms with Gasteiger partial charge in [-0.3, -0.25) is 4.79 Å². The molecule has 5 heteroatoms. The summed E-state index contributed by atoms with van der Waals surface area (Å²) in [4.78, 5) is 20.8. The average Bonchev–Trinajstić information content (AvgIpc) is 3.08. The fraction of sp³-hybridized carbons (Fsp3) is 0.500. The number of carbonyl (C=O) groups excluding carboxylic acids is 1. The first-order chi connectivity index (χ1) is 9.97. The monoisotopic (exact) mass is 303 g/mol. The van der Waals surface area contributed by atoms with Crippen LogP contribution in [0.4, 0.5) is 5.13 Å². The Balaban J connectivity index is 1.86. The summed E-state index contributed by atoms with van der Waals surface area (Å²) < 4.78 is 1.23. The highest BCUT2D eigenvalue weighted by Gasteiger charge is 2.30. The summed E-state index contributed by atoms with van der Waals surface area (Å²) in [6.45, 7) is 5.95. The fourth-order valence-electron chi connectivity index (χ4n) is 2.85. The summed E-state index contributed by atoms with van der Waals surface area (Å²) in [6.07, 6.45) is 0.922. The van der Waals surface area contributed by atoms with Crippen molar-refractivity contribution < 1.29 is 4.79 Å². The van der Waals surface area contributed by atoms with Crippen LogP contribution in [0.1, 0.15) is 17.5 Å². The van der Waals surface area contributed by atoms with Crippen molar-refractivity contribution in [3.05, 3.63) is 23.3 Å². The van der Waals surface area contributed by atoms with Gasteiger partial charge in [-0.05, 0) is 37.5 Å². The summed E-state index contributed by atoms with van der Waals surface area (Å²) in [7, 11) is 3.66. The van der Waals surface area contributed by atoms with Gasteiger partial charge in [-0.2, -0.15) is 0 Å². The van der Waals surface area contributed by atoms with E-state index in [2.05, 4.69) is 30.9 Å². The third kappa shape index (κ3) is 2.50. The number of fused-ring (bicyclic) bond motifs is 1. The predicted molar refractivity (Wildman–Crippen MR) is 88.1 cm³/mol. The summed E-state index contributed by atoms with van der Waals surface area (Å²) in [5.74, 6) is 0.334. The van der Waals surface area contributed by atoms with E-state index in [0.717, 1.165) is 30.2 Å². The Kier molecular flexibility index (Phi) is 3.61. The number of aromatic nitrogens is 1. The number of carbonyl (C=O) groups is 1. The van der Waals surface area contributed by atoms with Crippen molar-refractivity contribution in [1.82, 2.24) is 9.88 Å². The molecule has 2 aromatic rings. The Morgan fingerprint density at radius 2 is 2.14 bits per heavy atom. The summed E-state index contributed by atoms with van der Waals surface area (Å²) in [5, 5.41) is 1.05. The maximum Gasteiger partial charge on any atom is 0.227 e.